The van der Waals surface area contributed by atoms with Crippen LogP contribution in [0.3, 0.4) is 0 Å². The van der Waals surface area contributed by atoms with Crippen molar-refractivity contribution in [2.45, 2.75) is 32.7 Å². The van der Waals surface area contributed by atoms with E-state index in [0.29, 0.717) is 17.7 Å². The van der Waals surface area contributed by atoms with Crippen molar-refractivity contribution in [3.8, 4) is 17.2 Å². The first-order chi connectivity index (χ1) is 13.7. The van der Waals surface area contributed by atoms with Gasteiger partial charge in [0, 0.05) is 12.1 Å². The van der Waals surface area contributed by atoms with Crippen LogP contribution in [0.2, 0.25) is 5.28 Å². The van der Waals surface area contributed by atoms with Gasteiger partial charge in [-0.1, -0.05) is 25.5 Å². The van der Waals surface area contributed by atoms with Crippen molar-refractivity contribution in [3.05, 3.63) is 57.7 Å². The SMILES string of the molecule is CCCCc1nc(Cl)nn1Cc1ccc(-n2c(Br)ccc2-c2nnn[nH]2)cc1. The highest BCUT2D eigenvalue weighted by molar-refractivity contribution is 9.10. The van der Waals surface area contributed by atoms with Gasteiger partial charge in [-0.05, 0) is 74.2 Å². The Morgan fingerprint density at radius 3 is 2.68 bits per heavy atom. The summed E-state index contributed by atoms with van der Waals surface area (Å²) < 4.78 is 4.83. The van der Waals surface area contributed by atoms with E-state index in [2.05, 4.69) is 77.8 Å². The second-order valence-corrected chi connectivity index (χ2v) is 7.50. The van der Waals surface area contributed by atoms with Gasteiger partial charge in [0.05, 0.1) is 16.8 Å². The number of nitrogens with zero attached hydrogens (tertiary/aromatic N) is 7. The molecule has 4 aromatic rings. The van der Waals surface area contributed by atoms with Crippen molar-refractivity contribution >= 4 is 27.5 Å². The lowest BCUT2D eigenvalue weighted by molar-refractivity contribution is 0.618. The fourth-order valence-electron chi connectivity index (χ4n) is 3.04. The summed E-state index contributed by atoms with van der Waals surface area (Å²) in [4.78, 5) is 4.34. The molecule has 3 aromatic heterocycles. The molecule has 0 radical (unpaired) electrons. The topological polar surface area (TPSA) is 90.1 Å². The summed E-state index contributed by atoms with van der Waals surface area (Å²) in [6, 6.07) is 12.2. The molecule has 0 amide bonds. The van der Waals surface area contributed by atoms with Crippen LogP contribution in [0.15, 0.2) is 41.0 Å². The fourth-order valence-corrected chi connectivity index (χ4v) is 3.76. The smallest absolute Gasteiger partial charge is 0.242 e. The van der Waals surface area contributed by atoms with Gasteiger partial charge in [0.1, 0.15) is 5.82 Å². The second kappa shape index (κ2) is 8.24. The molecule has 0 atom stereocenters. The van der Waals surface area contributed by atoms with Crippen molar-refractivity contribution in [3.63, 3.8) is 0 Å². The lowest BCUT2D eigenvalue weighted by Crippen LogP contribution is -2.07. The van der Waals surface area contributed by atoms with Crippen LogP contribution in [0, 0.1) is 0 Å². The van der Waals surface area contributed by atoms with Crippen LogP contribution in [0.1, 0.15) is 31.2 Å². The van der Waals surface area contributed by atoms with Gasteiger partial charge in [-0.3, -0.25) is 0 Å². The fraction of sp³-hybridized carbons (Fsp3) is 0.278. The molecule has 8 nitrogen and oxygen atoms in total. The van der Waals surface area contributed by atoms with E-state index in [-0.39, 0.29) is 0 Å². The predicted octanol–water partition coefficient (Wildman–Crippen LogP) is 4.06. The molecule has 4 rings (SSSR count). The molecule has 0 unspecified atom stereocenters. The number of aromatic amines is 1. The average Bonchev–Trinajstić information content (AvgIpc) is 3.41. The Hall–Kier alpha value is -2.52. The Labute approximate surface area is 175 Å². The van der Waals surface area contributed by atoms with E-state index in [1.807, 2.05) is 21.4 Å². The minimum atomic E-state index is 0.296. The lowest BCUT2D eigenvalue weighted by atomic mass is 10.2. The zero-order valence-electron chi connectivity index (χ0n) is 15.2. The molecule has 3 heterocycles. The summed E-state index contributed by atoms with van der Waals surface area (Å²) in [5.41, 5.74) is 2.98. The maximum atomic E-state index is 6.02. The maximum absolute atomic E-state index is 6.02. The number of H-pyrrole nitrogens is 1. The normalized spacial score (nSPS) is 11.2. The Bertz CT molecular complexity index is 1050. The largest absolute Gasteiger partial charge is 0.301 e. The first kappa shape index (κ1) is 18.8. The minimum absolute atomic E-state index is 0.296. The van der Waals surface area contributed by atoms with Crippen LogP contribution < -0.4 is 0 Å². The summed E-state index contributed by atoms with van der Waals surface area (Å²) in [6.45, 7) is 2.79. The van der Waals surface area contributed by atoms with Gasteiger partial charge in [0.25, 0.3) is 0 Å². The molecule has 0 aliphatic rings. The van der Waals surface area contributed by atoms with Crippen LogP contribution in [0.5, 0.6) is 0 Å². The quantitative estimate of drug-likeness (QED) is 0.448. The molecule has 0 aliphatic heterocycles. The van der Waals surface area contributed by atoms with Crippen LogP contribution in [0.25, 0.3) is 17.2 Å². The Kier molecular flexibility index (Phi) is 5.54. The number of aryl methyl sites for hydroxylation is 1. The van der Waals surface area contributed by atoms with Gasteiger partial charge in [0.2, 0.25) is 5.28 Å². The summed E-state index contributed by atoms with van der Waals surface area (Å²) in [6.07, 6.45) is 3.04. The molecule has 0 fully saturated rings. The van der Waals surface area contributed by atoms with Crippen molar-refractivity contribution in [1.82, 2.24) is 40.0 Å². The van der Waals surface area contributed by atoms with Crippen molar-refractivity contribution in [2.24, 2.45) is 0 Å². The third-order valence-corrected chi connectivity index (χ3v) is 5.20. The van der Waals surface area contributed by atoms with E-state index in [1.165, 1.54) is 0 Å². The van der Waals surface area contributed by atoms with E-state index in [1.54, 1.807) is 0 Å². The molecule has 1 N–H and O–H groups in total. The van der Waals surface area contributed by atoms with Crippen molar-refractivity contribution in [1.29, 1.82) is 0 Å². The molecular formula is C18H18BrClN8. The van der Waals surface area contributed by atoms with Crippen LogP contribution in [-0.4, -0.2) is 40.0 Å². The zero-order valence-corrected chi connectivity index (χ0v) is 17.5. The van der Waals surface area contributed by atoms with Gasteiger partial charge < -0.3 is 4.57 Å². The predicted molar refractivity (Wildman–Crippen MR) is 109 cm³/mol. The molecule has 0 bridgehead atoms. The van der Waals surface area contributed by atoms with Gasteiger partial charge in [0.15, 0.2) is 5.82 Å². The van der Waals surface area contributed by atoms with Crippen LogP contribution >= 0.6 is 27.5 Å². The summed E-state index contributed by atoms with van der Waals surface area (Å²) in [5.74, 6) is 1.52. The molecule has 28 heavy (non-hydrogen) atoms. The monoisotopic (exact) mass is 460 g/mol. The number of benzene rings is 1. The Morgan fingerprint density at radius 2 is 1.96 bits per heavy atom. The summed E-state index contributed by atoms with van der Waals surface area (Å²) in [7, 11) is 0. The average molecular weight is 462 g/mol. The van der Waals surface area contributed by atoms with E-state index >= 15 is 0 Å². The Balaban J connectivity index is 1.59. The highest BCUT2D eigenvalue weighted by Crippen LogP contribution is 2.27. The minimum Gasteiger partial charge on any atom is -0.301 e. The highest BCUT2D eigenvalue weighted by Gasteiger charge is 2.14. The summed E-state index contributed by atoms with van der Waals surface area (Å²) >= 11 is 9.61. The van der Waals surface area contributed by atoms with Gasteiger partial charge in [-0.2, -0.15) is 0 Å². The zero-order chi connectivity index (χ0) is 19.5. The van der Waals surface area contributed by atoms with E-state index < -0.39 is 0 Å². The number of hydrogen-bond donors (Lipinski definition) is 1. The van der Waals surface area contributed by atoms with E-state index in [4.69, 9.17) is 11.6 Å². The highest BCUT2D eigenvalue weighted by atomic mass is 79.9. The van der Waals surface area contributed by atoms with Gasteiger partial charge >= 0.3 is 0 Å². The third kappa shape index (κ3) is 3.85. The first-order valence-corrected chi connectivity index (χ1v) is 10.1. The number of nitrogens with one attached hydrogen (secondary N) is 1. The summed E-state index contributed by atoms with van der Waals surface area (Å²) in [5, 5.41) is 18.7. The second-order valence-electron chi connectivity index (χ2n) is 6.35. The number of unbranched alkanes of at least 4 members (excludes halogenated alkanes) is 1. The lowest BCUT2D eigenvalue weighted by Gasteiger charge is -2.11. The maximum Gasteiger partial charge on any atom is 0.242 e. The van der Waals surface area contributed by atoms with Crippen molar-refractivity contribution in [2.75, 3.05) is 0 Å². The molecule has 0 saturated carbocycles. The molecule has 10 heteroatoms. The van der Waals surface area contributed by atoms with Gasteiger partial charge in [-0.15, -0.1) is 10.2 Å². The Morgan fingerprint density at radius 1 is 1.14 bits per heavy atom. The molecule has 0 aliphatic carbocycles. The standard InChI is InChI=1S/C18H18BrClN8/c1-2-3-4-16-21-18(20)24-27(16)11-12-5-7-13(8-6-12)28-14(9-10-15(28)19)17-22-25-26-23-17/h5-10H,2-4,11H2,1H3,(H,22,23,25,26). The number of tetrazole rings is 1. The first-order valence-electron chi connectivity index (χ1n) is 8.95. The molecule has 144 valence electrons. The van der Waals surface area contributed by atoms with Crippen molar-refractivity contribution < 1.29 is 0 Å². The number of halogens is 2. The molecular weight excluding hydrogens is 444 g/mol. The van der Waals surface area contributed by atoms with E-state index in [0.717, 1.165) is 46.6 Å². The van der Waals surface area contributed by atoms with Crippen LogP contribution in [0.4, 0.5) is 0 Å². The van der Waals surface area contributed by atoms with Crippen LogP contribution in [-0.2, 0) is 13.0 Å². The van der Waals surface area contributed by atoms with E-state index in [9.17, 15) is 0 Å². The molecule has 0 saturated heterocycles. The number of hydrogen-bond acceptors (Lipinski definition) is 5. The molecule has 1 aromatic carbocycles. The number of aromatic nitrogens is 8. The number of rotatable bonds is 7. The van der Waals surface area contributed by atoms with Gasteiger partial charge in [-0.25, -0.2) is 14.8 Å². The third-order valence-electron chi connectivity index (χ3n) is 4.42. The molecule has 0 spiro atoms.